The van der Waals surface area contributed by atoms with Crippen molar-refractivity contribution in [1.29, 1.82) is 0 Å². The molecule has 20 heavy (non-hydrogen) atoms. The van der Waals surface area contributed by atoms with Crippen molar-refractivity contribution in [2.24, 2.45) is 0 Å². The van der Waals surface area contributed by atoms with Crippen LogP contribution >= 0.6 is 11.5 Å². The number of rotatable bonds is 7. The van der Waals surface area contributed by atoms with Crippen molar-refractivity contribution in [3.63, 3.8) is 0 Å². The zero-order chi connectivity index (χ0) is 14.4. The van der Waals surface area contributed by atoms with Crippen molar-refractivity contribution in [2.75, 3.05) is 11.9 Å². The second-order valence-electron chi connectivity index (χ2n) is 4.02. The SMILES string of the molecule is CCCNc1snnc1COc1cccc([N+](=O)[O-])c1. The van der Waals surface area contributed by atoms with Crippen LogP contribution in [0.2, 0.25) is 0 Å². The molecule has 0 saturated heterocycles. The molecule has 1 aromatic heterocycles. The summed E-state index contributed by atoms with van der Waals surface area (Å²) in [6.07, 6.45) is 1.00. The predicted octanol–water partition coefficient (Wildman–Crippen LogP) is 2.85. The third-order valence-electron chi connectivity index (χ3n) is 2.50. The average Bonchev–Trinajstić information content (AvgIpc) is 2.90. The largest absolute Gasteiger partial charge is 0.487 e. The maximum Gasteiger partial charge on any atom is 0.273 e. The first kappa shape index (κ1) is 14.2. The third-order valence-corrected chi connectivity index (χ3v) is 3.22. The number of ether oxygens (including phenoxy) is 1. The minimum atomic E-state index is -0.453. The quantitative estimate of drug-likeness (QED) is 0.623. The number of hydrogen-bond donors (Lipinski definition) is 1. The van der Waals surface area contributed by atoms with Crippen LogP contribution in [0.1, 0.15) is 19.0 Å². The molecule has 7 nitrogen and oxygen atoms in total. The van der Waals surface area contributed by atoms with Crippen LogP contribution in [0.5, 0.6) is 5.75 Å². The summed E-state index contributed by atoms with van der Waals surface area (Å²) >= 11 is 1.27. The lowest BCUT2D eigenvalue weighted by atomic mass is 10.3. The Hall–Kier alpha value is -2.22. The van der Waals surface area contributed by atoms with E-state index in [1.807, 2.05) is 0 Å². The maximum atomic E-state index is 10.7. The topological polar surface area (TPSA) is 90.2 Å². The molecule has 1 heterocycles. The van der Waals surface area contributed by atoms with E-state index in [4.69, 9.17) is 4.74 Å². The van der Waals surface area contributed by atoms with Crippen LogP contribution in [0.4, 0.5) is 10.7 Å². The maximum absolute atomic E-state index is 10.7. The van der Waals surface area contributed by atoms with Gasteiger partial charge >= 0.3 is 0 Å². The number of anilines is 1. The van der Waals surface area contributed by atoms with Gasteiger partial charge in [0.25, 0.3) is 5.69 Å². The Morgan fingerprint density at radius 1 is 1.50 bits per heavy atom. The van der Waals surface area contributed by atoms with Gasteiger partial charge in [0.1, 0.15) is 23.1 Å². The molecule has 1 aromatic carbocycles. The monoisotopic (exact) mass is 294 g/mol. The highest BCUT2D eigenvalue weighted by atomic mass is 32.1. The van der Waals surface area contributed by atoms with Crippen LogP contribution in [0.25, 0.3) is 0 Å². The minimum Gasteiger partial charge on any atom is -0.487 e. The van der Waals surface area contributed by atoms with Gasteiger partial charge in [-0.3, -0.25) is 10.1 Å². The zero-order valence-electron chi connectivity index (χ0n) is 10.9. The Kier molecular flexibility index (Phi) is 4.83. The number of nitrogens with one attached hydrogen (secondary N) is 1. The standard InChI is InChI=1S/C12H14N4O3S/c1-2-6-13-12-11(14-15-20-12)8-19-10-5-3-4-9(7-10)16(17)18/h3-5,7,13H,2,6,8H2,1H3. The first-order chi connectivity index (χ1) is 9.70. The van der Waals surface area contributed by atoms with Crippen molar-refractivity contribution in [2.45, 2.75) is 20.0 Å². The van der Waals surface area contributed by atoms with Crippen LogP contribution < -0.4 is 10.1 Å². The molecule has 0 radical (unpaired) electrons. The van der Waals surface area contributed by atoms with Crippen molar-refractivity contribution in [3.05, 3.63) is 40.1 Å². The molecule has 8 heteroatoms. The number of nitro benzene ring substituents is 1. The summed E-state index contributed by atoms with van der Waals surface area (Å²) in [4.78, 5) is 10.2. The Morgan fingerprint density at radius 3 is 3.10 bits per heavy atom. The number of non-ortho nitro benzene ring substituents is 1. The summed E-state index contributed by atoms with van der Waals surface area (Å²) in [7, 11) is 0. The van der Waals surface area contributed by atoms with E-state index >= 15 is 0 Å². The lowest BCUT2D eigenvalue weighted by Crippen LogP contribution is -2.03. The molecule has 2 rings (SSSR count). The van der Waals surface area contributed by atoms with Crippen LogP contribution in [-0.2, 0) is 6.61 Å². The minimum absolute atomic E-state index is 0.00299. The molecule has 0 fully saturated rings. The number of benzene rings is 1. The van der Waals surface area contributed by atoms with E-state index in [-0.39, 0.29) is 12.3 Å². The summed E-state index contributed by atoms with van der Waals surface area (Å²) in [5.41, 5.74) is 0.707. The van der Waals surface area contributed by atoms with Crippen LogP contribution in [-0.4, -0.2) is 21.1 Å². The second kappa shape index (κ2) is 6.80. The van der Waals surface area contributed by atoms with Gasteiger partial charge in [-0.05, 0) is 12.5 Å². The molecule has 106 valence electrons. The number of nitro groups is 1. The van der Waals surface area contributed by atoms with E-state index in [1.165, 1.54) is 23.7 Å². The Labute approximate surface area is 119 Å². The number of nitrogens with zero attached hydrogens (tertiary/aromatic N) is 3. The highest BCUT2D eigenvalue weighted by Gasteiger charge is 2.10. The third kappa shape index (κ3) is 3.64. The number of hydrogen-bond acceptors (Lipinski definition) is 7. The van der Waals surface area contributed by atoms with Gasteiger partial charge in [0, 0.05) is 24.1 Å². The van der Waals surface area contributed by atoms with Crippen molar-refractivity contribution in [3.8, 4) is 5.75 Å². The summed E-state index contributed by atoms with van der Waals surface area (Å²) in [5, 5.41) is 18.8. The van der Waals surface area contributed by atoms with Crippen molar-refractivity contribution in [1.82, 2.24) is 9.59 Å². The van der Waals surface area contributed by atoms with E-state index in [0.29, 0.717) is 11.4 Å². The second-order valence-corrected chi connectivity index (χ2v) is 4.77. The van der Waals surface area contributed by atoms with E-state index < -0.39 is 4.92 Å². The molecule has 0 atom stereocenters. The molecule has 0 aliphatic heterocycles. The fourth-order valence-electron chi connectivity index (χ4n) is 1.51. The van der Waals surface area contributed by atoms with E-state index in [0.717, 1.165) is 18.0 Å². The van der Waals surface area contributed by atoms with E-state index in [2.05, 4.69) is 21.8 Å². The highest BCUT2D eigenvalue weighted by Crippen LogP contribution is 2.22. The fraction of sp³-hybridized carbons (Fsp3) is 0.333. The molecule has 0 saturated carbocycles. The summed E-state index contributed by atoms with van der Waals surface area (Å²) in [5.74, 6) is 0.439. The van der Waals surface area contributed by atoms with Gasteiger partial charge in [0.15, 0.2) is 0 Å². The Bertz CT molecular complexity index is 588. The molecule has 0 unspecified atom stereocenters. The highest BCUT2D eigenvalue weighted by molar-refractivity contribution is 7.10. The zero-order valence-corrected chi connectivity index (χ0v) is 11.7. The molecular formula is C12H14N4O3S. The summed E-state index contributed by atoms with van der Waals surface area (Å²) < 4.78 is 9.40. The molecule has 0 aliphatic rings. The lowest BCUT2D eigenvalue weighted by molar-refractivity contribution is -0.384. The predicted molar refractivity (Wildman–Crippen MR) is 76.1 cm³/mol. The van der Waals surface area contributed by atoms with Crippen molar-refractivity contribution < 1.29 is 9.66 Å². The van der Waals surface area contributed by atoms with Gasteiger partial charge in [-0.15, -0.1) is 5.10 Å². The van der Waals surface area contributed by atoms with E-state index in [1.54, 1.807) is 12.1 Å². The van der Waals surface area contributed by atoms with Gasteiger partial charge in [-0.1, -0.05) is 17.5 Å². The molecular weight excluding hydrogens is 280 g/mol. The molecule has 1 N–H and O–H groups in total. The van der Waals surface area contributed by atoms with Gasteiger partial charge < -0.3 is 10.1 Å². The van der Waals surface area contributed by atoms with E-state index in [9.17, 15) is 10.1 Å². The summed E-state index contributed by atoms with van der Waals surface area (Å²) in [6, 6.07) is 6.07. The van der Waals surface area contributed by atoms with Gasteiger partial charge in [-0.25, -0.2) is 0 Å². The Balaban J connectivity index is 2.00. The average molecular weight is 294 g/mol. The van der Waals surface area contributed by atoms with Gasteiger partial charge in [0.05, 0.1) is 11.0 Å². The van der Waals surface area contributed by atoms with Crippen molar-refractivity contribution >= 4 is 22.2 Å². The van der Waals surface area contributed by atoms with Crippen LogP contribution in [0.3, 0.4) is 0 Å². The first-order valence-corrected chi connectivity index (χ1v) is 6.90. The fourth-order valence-corrected chi connectivity index (χ4v) is 2.11. The van der Waals surface area contributed by atoms with Crippen LogP contribution in [0, 0.1) is 10.1 Å². The molecule has 0 bridgehead atoms. The summed E-state index contributed by atoms with van der Waals surface area (Å²) in [6.45, 7) is 3.14. The first-order valence-electron chi connectivity index (χ1n) is 6.13. The lowest BCUT2D eigenvalue weighted by Gasteiger charge is -2.06. The molecule has 0 aliphatic carbocycles. The van der Waals surface area contributed by atoms with Gasteiger partial charge in [0.2, 0.25) is 0 Å². The molecule has 0 amide bonds. The van der Waals surface area contributed by atoms with Gasteiger partial charge in [-0.2, -0.15) is 0 Å². The molecule has 0 spiro atoms. The van der Waals surface area contributed by atoms with Crippen LogP contribution in [0.15, 0.2) is 24.3 Å². The smallest absolute Gasteiger partial charge is 0.273 e. The molecule has 2 aromatic rings. The Morgan fingerprint density at radius 2 is 2.35 bits per heavy atom. The normalized spacial score (nSPS) is 10.2. The number of aromatic nitrogens is 2.